The van der Waals surface area contributed by atoms with E-state index in [-0.39, 0.29) is 29.3 Å². The molecule has 2 aliphatic heterocycles. The van der Waals surface area contributed by atoms with Gasteiger partial charge < -0.3 is 15.2 Å². The minimum absolute atomic E-state index is 0.0300. The van der Waals surface area contributed by atoms with Gasteiger partial charge in [-0.1, -0.05) is 24.1 Å². The highest BCUT2D eigenvalue weighted by Crippen LogP contribution is 2.54. The van der Waals surface area contributed by atoms with Crippen LogP contribution < -0.4 is 10.6 Å². The monoisotopic (exact) mass is 391 g/mol. The molecule has 3 rings (SSSR count). The van der Waals surface area contributed by atoms with Crippen molar-refractivity contribution in [2.24, 2.45) is 5.73 Å². The first kappa shape index (κ1) is 20.0. The maximum absolute atomic E-state index is 13.8. The number of terminal acetylenes is 1. The molecule has 148 valence electrons. The summed E-state index contributed by atoms with van der Waals surface area (Å²) in [7, 11) is 0. The molecule has 29 heavy (non-hydrogen) atoms. The zero-order valence-electron chi connectivity index (χ0n) is 16.7. The molecule has 0 radical (unpaired) electrons. The van der Waals surface area contributed by atoms with Crippen molar-refractivity contribution in [1.82, 2.24) is 0 Å². The van der Waals surface area contributed by atoms with Crippen molar-refractivity contribution in [3.05, 3.63) is 52.6 Å². The molecule has 0 aliphatic carbocycles. The van der Waals surface area contributed by atoms with Gasteiger partial charge in [-0.2, -0.15) is 5.26 Å². The lowest BCUT2D eigenvalue weighted by Gasteiger charge is -2.35. The fourth-order valence-corrected chi connectivity index (χ4v) is 3.79. The topological polar surface area (TPSA) is 106 Å². The molecule has 1 atom stereocenters. The highest BCUT2D eigenvalue weighted by Gasteiger charge is 2.62. The molecule has 2 heterocycles. The number of rotatable bonds is 2. The standard InChI is InChI=1S/C22H21N3O4/c1-6-11-25-16-10-8-7-9-14(16)22(20(25)27)15(12-23)18(24)28-13(2)17(22)19(26)29-21(3,4)5/h1,7-10H,11,24H2,2-5H3/t22-/m0/s1. The van der Waals surface area contributed by atoms with Crippen LogP contribution >= 0.6 is 0 Å². The number of fused-ring (bicyclic) bond motifs is 2. The molecule has 1 amide bonds. The number of nitriles is 1. The number of nitrogens with zero attached hydrogens (tertiary/aromatic N) is 2. The third-order valence-corrected chi connectivity index (χ3v) is 4.74. The quantitative estimate of drug-likeness (QED) is 0.612. The number of benzene rings is 1. The van der Waals surface area contributed by atoms with E-state index in [0.29, 0.717) is 11.3 Å². The van der Waals surface area contributed by atoms with Crippen molar-refractivity contribution >= 4 is 17.6 Å². The average molecular weight is 391 g/mol. The molecule has 0 saturated carbocycles. The number of hydrogen-bond acceptors (Lipinski definition) is 6. The van der Waals surface area contributed by atoms with E-state index in [1.165, 1.54) is 11.8 Å². The van der Waals surface area contributed by atoms with Crippen molar-refractivity contribution in [2.75, 3.05) is 11.4 Å². The lowest BCUT2D eigenvalue weighted by atomic mass is 9.68. The summed E-state index contributed by atoms with van der Waals surface area (Å²) in [5, 5.41) is 9.91. The third-order valence-electron chi connectivity index (χ3n) is 4.74. The number of para-hydroxylation sites is 1. The Hall–Kier alpha value is -3.71. The second-order valence-electron chi connectivity index (χ2n) is 7.75. The van der Waals surface area contributed by atoms with Gasteiger partial charge in [0.1, 0.15) is 28.6 Å². The van der Waals surface area contributed by atoms with Gasteiger partial charge in [0.15, 0.2) is 5.41 Å². The highest BCUT2D eigenvalue weighted by molar-refractivity contribution is 6.18. The van der Waals surface area contributed by atoms with E-state index in [2.05, 4.69) is 5.92 Å². The van der Waals surface area contributed by atoms with Crippen LogP contribution in [0.1, 0.15) is 33.3 Å². The Morgan fingerprint density at radius 1 is 1.38 bits per heavy atom. The minimum Gasteiger partial charge on any atom is -0.456 e. The van der Waals surface area contributed by atoms with E-state index >= 15 is 0 Å². The molecule has 7 nitrogen and oxygen atoms in total. The molecule has 2 aliphatic rings. The molecular formula is C22H21N3O4. The SMILES string of the molecule is C#CCN1C(=O)[C@]2(C(C#N)=C(N)OC(C)=C2C(=O)OC(C)(C)C)c2ccccc21. The van der Waals surface area contributed by atoms with Crippen LogP contribution in [0, 0.1) is 23.7 Å². The van der Waals surface area contributed by atoms with E-state index in [4.69, 9.17) is 21.6 Å². The Balaban J connectivity index is 2.39. The lowest BCUT2D eigenvalue weighted by molar-refractivity contribution is -0.151. The van der Waals surface area contributed by atoms with Gasteiger partial charge in [0.25, 0.3) is 0 Å². The van der Waals surface area contributed by atoms with Crippen LogP contribution in [0.5, 0.6) is 0 Å². The molecule has 2 N–H and O–H groups in total. The number of nitrogens with two attached hydrogens (primary N) is 1. The first-order valence-corrected chi connectivity index (χ1v) is 8.97. The first-order chi connectivity index (χ1) is 13.6. The van der Waals surface area contributed by atoms with Crippen LogP contribution in [0.15, 0.2) is 47.1 Å². The van der Waals surface area contributed by atoms with Crippen LogP contribution in [0.3, 0.4) is 0 Å². The predicted molar refractivity (Wildman–Crippen MR) is 106 cm³/mol. The Morgan fingerprint density at radius 2 is 2.03 bits per heavy atom. The molecule has 1 spiro atoms. The molecule has 7 heteroatoms. The van der Waals surface area contributed by atoms with Crippen molar-refractivity contribution in [3.63, 3.8) is 0 Å². The van der Waals surface area contributed by atoms with Crippen LogP contribution in [0.4, 0.5) is 5.69 Å². The normalized spacial score (nSPS) is 20.9. The second-order valence-corrected chi connectivity index (χ2v) is 7.75. The second kappa shape index (κ2) is 6.72. The maximum atomic E-state index is 13.8. The minimum atomic E-state index is -1.78. The Morgan fingerprint density at radius 3 is 2.62 bits per heavy atom. The van der Waals surface area contributed by atoms with E-state index in [9.17, 15) is 14.9 Å². The number of carbonyl (C=O) groups is 2. The van der Waals surface area contributed by atoms with Crippen molar-refractivity contribution in [3.8, 4) is 18.4 Å². The molecule has 0 unspecified atom stereocenters. The smallest absolute Gasteiger partial charge is 0.339 e. The lowest BCUT2D eigenvalue weighted by Crippen LogP contribution is -2.49. The van der Waals surface area contributed by atoms with E-state index in [1.807, 2.05) is 6.07 Å². The summed E-state index contributed by atoms with van der Waals surface area (Å²) < 4.78 is 11.0. The summed E-state index contributed by atoms with van der Waals surface area (Å²) in [6.07, 6.45) is 5.47. The summed E-state index contributed by atoms with van der Waals surface area (Å²) in [5.74, 6) is 1.01. The van der Waals surface area contributed by atoms with Crippen molar-refractivity contribution in [2.45, 2.75) is 38.7 Å². The molecule has 1 aromatic carbocycles. The average Bonchev–Trinajstić information content (AvgIpc) is 2.84. The molecule has 0 aromatic heterocycles. The Labute approximate surface area is 169 Å². The van der Waals surface area contributed by atoms with E-state index in [0.717, 1.165) is 0 Å². The van der Waals surface area contributed by atoms with Gasteiger partial charge in [-0.05, 0) is 33.8 Å². The number of hydrogen-bond donors (Lipinski definition) is 1. The van der Waals surface area contributed by atoms with Gasteiger partial charge >= 0.3 is 5.97 Å². The van der Waals surface area contributed by atoms with Gasteiger partial charge in [0, 0.05) is 11.3 Å². The van der Waals surface area contributed by atoms with Gasteiger partial charge in [-0.3, -0.25) is 9.69 Å². The summed E-state index contributed by atoms with van der Waals surface area (Å²) in [6, 6.07) is 8.83. The summed E-state index contributed by atoms with van der Waals surface area (Å²) in [6.45, 7) is 6.62. The predicted octanol–water partition coefficient (Wildman–Crippen LogP) is 2.24. The Bertz CT molecular complexity index is 1060. The zero-order valence-corrected chi connectivity index (χ0v) is 16.7. The Kier molecular flexibility index (Phi) is 4.64. The number of esters is 1. The van der Waals surface area contributed by atoms with Gasteiger partial charge in [0.05, 0.1) is 6.54 Å². The number of anilines is 1. The number of amides is 1. The van der Waals surface area contributed by atoms with Gasteiger partial charge in [0.2, 0.25) is 11.8 Å². The summed E-state index contributed by atoms with van der Waals surface area (Å²) in [4.78, 5) is 28.4. The van der Waals surface area contributed by atoms with Crippen LogP contribution in [-0.2, 0) is 24.5 Å². The number of carbonyl (C=O) groups excluding carboxylic acids is 2. The fourth-order valence-electron chi connectivity index (χ4n) is 3.79. The molecular weight excluding hydrogens is 370 g/mol. The van der Waals surface area contributed by atoms with Gasteiger partial charge in [-0.25, -0.2) is 4.79 Å². The van der Waals surface area contributed by atoms with Gasteiger partial charge in [-0.15, -0.1) is 6.42 Å². The zero-order chi connectivity index (χ0) is 21.6. The van der Waals surface area contributed by atoms with Crippen LogP contribution in [0.2, 0.25) is 0 Å². The van der Waals surface area contributed by atoms with Crippen molar-refractivity contribution < 1.29 is 19.1 Å². The summed E-state index contributed by atoms with van der Waals surface area (Å²) >= 11 is 0. The highest BCUT2D eigenvalue weighted by atomic mass is 16.6. The van der Waals surface area contributed by atoms with Crippen molar-refractivity contribution in [1.29, 1.82) is 5.26 Å². The fraction of sp³-hybridized carbons (Fsp3) is 0.318. The maximum Gasteiger partial charge on any atom is 0.339 e. The largest absolute Gasteiger partial charge is 0.456 e. The number of ether oxygens (including phenoxy) is 2. The molecule has 0 fully saturated rings. The van der Waals surface area contributed by atoms with Crippen LogP contribution in [-0.4, -0.2) is 24.0 Å². The van der Waals surface area contributed by atoms with Crippen LogP contribution in [0.25, 0.3) is 0 Å². The summed E-state index contributed by atoms with van der Waals surface area (Å²) in [5.41, 5.74) is 4.09. The van der Waals surface area contributed by atoms with E-state index < -0.39 is 22.9 Å². The first-order valence-electron chi connectivity index (χ1n) is 8.97. The molecule has 1 aromatic rings. The third kappa shape index (κ3) is 2.83. The molecule has 0 bridgehead atoms. The number of allylic oxidation sites excluding steroid dienone is 1. The molecule has 0 saturated heterocycles. The van der Waals surface area contributed by atoms with E-state index in [1.54, 1.807) is 45.0 Å².